The van der Waals surface area contributed by atoms with Crippen LogP contribution in [0.3, 0.4) is 0 Å². The lowest BCUT2D eigenvalue weighted by molar-refractivity contribution is -0.117. The zero-order valence-corrected chi connectivity index (χ0v) is 15.6. The number of benzene rings is 1. The SMILES string of the molecule is CCCCN(C)CC1CCN(CC(=O)Nc2ccccc2C)CC1. The number of carbonyl (C=O) groups is 1. The van der Waals surface area contributed by atoms with Crippen LogP contribution >= 0.6 is 0 Å². The van der Waals surface area contributed by atoms with Crippen molar-refractivity contribution in [3.8, 4) is 0 Å². The Labute approximate surface area is 147 Å². The Morgan fingerprint density at radius 1 is 1.29 bits per heavy atom. The van der Waals surface area contributed by atoms with E-state index < -0.39 is 0 Å². The molecule has 134 valence electrons. The van der Waals surface area contributed by atoms with Crippen LogP contribution in [0.4, 0.5) is 5.69 Å². The molecular formula is C20H33N3O. The molecule has 24 heavy (non-hydrogen) atoms. The summed E-state index contributed by atoms with van der Waals surface area (Å²) in [4.78, 5) is 17.0. The highest BCUT2D eigenvalue weighted by Gasteiger charge is 2.21. The van der Waals surface area contributed by atoms with Gasteiger partial charge in [-0.3, -0.25) is 9.69 Å². The standard InChI is InChI=1S/C20H33N3O/c1-4-5-12-22(3)15-18-10-13-23(14-11-18)16-20(24)21-19-9-7-6-8-17(19)2/h6-9,18H,4-5,10-16H2,1-3H3,(H,21,24). The average Bonchev–Trinajstić information content (AvgIpc) is 2.57. The number of rotatable bonds is 8. The van der Waals surface area contributed by atoms with Crippen molar-refractivity contribution >= 4 is 11.6 Å². The number of anilines is 1. The smallest absolute Gasteiger partial charge is 0.238 e. The summed E-state index contributed by atoms with van der Waals surface area (Å²) in [5, 5.41) is 3.04. The number of nitrogens with zero attached hydrogens (tertiary/aromatic N) is 2. The Morgan fingerprint density at radius 3 is 2.67 bits per heavy atom. The second-order valence-electron chi connectivity index (χ2n) is 7.20. The first-order valence-electron chi connectivity index (χ1n) is 9.35. The number of piperidine rings is 1. The lowest BCUT2D eigenvalue weighted by Crippen LogP contribution is -2.41. The average molecular weight is 332 g/mol. The molecule has 1 aliphatic rings. The summed E-state index contributed by atoms with van der Waals surface area (Å²) < 4.78 is 0. The van der Waals surface area contributed by atoms with Crippen LogP contribution < -0.4 is 5.32 Å². The van der Waals surface area contributed by atoms with Gasteiger partial charge in [-0.2, -0.15) is 0 Å². The van der Waals surface area contributed by atoms with Crippen molar-refractivity contribution in [2.75, 3.05) is 45.1 Å². The first kappa shape index (κ1) is 18.9. The number of aryl methyl sites for hydroxylation is 1. The van der Waals surface area contributed by atoms with E-state index in [1.807, 2.05) is 31.2 Å². The molecule has 0 atom stereocenters. The number of carbonyl (C=O) groups excluding carboxylic acids is 1. The first-order valence-corrected chi connectivity index (χ1v) is 9.35. The molecule has 1 N–H and O–H groups in total. The minimum Gasteiger partial charge on any atom is -0.325 e. The molecule has 0 aromatic heterocycles. The van der Waals surface area contributed by atoms with E-state index in [0.717, 1.165) is 30.3 Å². The molecule has 1 fully saturated rings. The van der Waals surface area contributed by atoms with E-state index in [-0.39, 0.29) is 5.91 Å². The van der Waals surface area contributed by atoms with Crippen molar-refractivity contribution in [3.05, 3.63) is 29.8 Å². The van der Waals surface area contributed by atoms with Gasteiger partial charge in [0.15, 0.2) is 0 Å². The predicted molar refractivity (Wildman–Crippen MR) is 101 cm³/mol. The second kappa shape index (κ2) is 9.80. The number of likely N-dealkylation sites (tertiary alicyclic amines) is 1. The summed E-state index contributed by atoms with van der Waals surface area (Å²) in [6, 6.07) is 7.94. The maximum atomic E-state index is 12.2. The Bertz CT molecular complexity index is 509. The summed E-state index contributed by atoms with van der Waals surface area (Å²) in [6.07, 6.45) is 4.95. The van der Waals surface area contributed by atoms with Crippen LogP contribution in [0.15, 0.2) is 24.3 Å². The van der Waals surface area contributed by atoms with E-state index in [4.69, 9.17) is 0 Å². The van der Waals surface area contributed by atoms with Gasteiger partial charge in [0.05, 0.1) is 6.54 Å². The van der Waals surface area contributed by atoms with Crippen LogP contribution in [0.2, 0.25) is 0 Å². The van der Waals surface area contributed by atoms with Crippen molar-refractivity contribution < 1.29 is 4.79 Å². The van der Waals surface area contributed by atoms with Crippen LogP contribution in [0, 0.1) is 12.8 Å². The molecule has 1 amide bonds. The normalized spacial score (nSPS) is 16.5. The van der Waals surface area contributed by atoms with Gasteiger partial charge in [-0.25, -0.2) is 0 Å². The monoisotopic (exact) mass is 331 g/mol. The van der Waals surface area contributed by atoms with Crippen molar-refractivity contribution in [1.29, 1.82) is 0 Å². The molecule has 4 heteroatoms. The predicted octanol–water partition coefficient (Wildman–Crippen LogP) is 3.38. The van der Waals surface area contributed by atoms with Gasteiger partial charge < -0.3 is 10.2 Å². The molecule has 1 aromatic carbocycles. The molecule has 1 aromatic rings. The number of nitrogens with one attached hydrogen (secondary N) is 1. The van der Waals surface area contributed by atoms with Gasteiger partial charge in [0.2, 0.25) is 5.91 Å². The highest BCUT2D eigenvalue weighted by Crippen LogP contribution is 2.19. The van der Waals surface area contributed by atoms with Crippen molar-refractivity contribution in [2.45, 2.75) is 39.5 Å². The summed E-state index contributed by atoms with van der Waals surface area (Å²) in [5.74, 6) is 0.880. The van der Waals surface area contributed by atoms with E-state index in [1.165, 1.54) is 38.8 Å². The van der Waals surface area contributed by atoms with Gasteiger partial charge in [-0.1, -0.05) is 31.5 Å². The molecule has 4 nitrogen and oxygen atoms in total. The van der Waals surface area contributed by atoms with Crippen LogP contribution in [0.25, 0.3) is 0 Å². The lowest BCUT2D eigenvalue weighted by atomic mass is 9.96. The second-order valence-corrected chi connectivity index (χ2v) is 7.20. The molecule has 1 aliphatic heterocycles. The lowest BCUT2D eigenvalue weighted by Gasteiger charge is -2.33. The minimum atomic E-state index is 0.0998. The largest absolute Gasteiger partial charge is 0.325 e. The Kier molecular flexibility index (Phi) is 7.73. The fourth-order valence-corrected chi connectivity index (χ4v) is 3.39. The van der Waals surface area contributed by atoms with Crippen LogP contribution in [-0.2, 0) is 4.79 Å². The maximum absolute atomic E-state index is 12.2. The van der Waals surface area contributed by atoms with Gasteiger partial charge in [0.25, 0.3) is 0 Å². The Hall–Kier alpha value is -1.39. The fourth-order valence-electron chi connectivity index (χ4n) is 3.39. The van der Waals surface area contributed by atoms with Gasteiger partial charge in [0, 0.05) is 12.2 Å². The summed E-state index contributed by atoms with van der Waals surface area (Å²) in [6.45, 7) is 9.25. The number of hydrogen-bond donors (Lipinski definition) is 1. The molecule has 2 rings (SSSR count). The molecular weight excluding hydrogens is 298 g/mol. The third-order valence-corrected chi connectivity index (χ3v) is 4.96. The van der Waals surface area contributed by atoms with Crippen LogP contribution in [-0.4, -0.2) is 55.5 Å². The zero-order valence-electron chi connectivity index (χ0n) is 15.6. The molecule has 0 spiro atoms. The molecule has 0 saturated carbocycles. The van der Waals surface area contributed by atoms with E-state index in [1.54, 1.807) is 0 Å². The quantitative estimate of drug-likeness (QED) is 0.793. The molecule has 1 heterocycles. The number of hydrogen-bond acceptors (Lipinski definition) is 3. The summed E-state index contributed by atoms with van der Waals surface area (Å²) >= 11 is 0. The third-order valence-electron chi connectivity index (χ3n) is 4.96. The van der Waals surface area contributed by atoms with E-state index in [0.29, 0.717) is 6.54 Å². The van der Waals surface area contributed by atoms with Crippen LogP contribution in [0.1, 0.15) is 38.2 Å². The maximum Gasteiger partial charge on any atom is 0.238 e. The number of amides is 1. The topological polar surface area (TPSA) is 35.6 Å². The zero-order chi connectivity index (χ0) is 17.4. The van der Waals surface area contributed by atoms with Crippen molar-refractivity contribution in [1.82, 2.24) is 9.80 Å². The van der Waals surface area contributed by atoms with Gasteiger partial charge in [-0.15, -0.1) is 0 Å². The van der Waals surface area contributed by atoms with E-state index in [2.05, 4.69) is 29.1 Å². The highest BCUT2D eigenvalue weighted by atomic mass is 16.2. The van der Waals surface area contributed by atoms with Gasteiger partial charge in [0.1, 0.15) is 0 Å². The van der Waals surface area contributed by atoms with Crippen LogP contribution in [0.5, 0.6) is 0 Å². The number of para-hydroxylation sites is 1. The van der Waals surface area contributed by atoms with Gasteiger partial charge >= 0.3 is 0 Å². The first-order chi connectivity index (χ1) is 11.6. The third kappa shape index (κ3) is 6.25. The molecule has 0 unspecified atom stereocenters. The molecule has 0 aliphatic carbocycles. The highest BCUT2D eigenvalue weighted by molar-refractivity contribution is 5.92. The molecule has 1 saturated heterocycles. The molecule has 0 bridgehead atoms. The molecule has 0 radical (unpaired) electrons. The van der Waals surface area contributed by atoms with Gasteiger partial charge in [-0.05, 0) is 70.4 Å². The Morgan fingerprint density at radius 2 is 2.00 bits per heavy atom. The minimum absolute atomic E-state index is 0.0998. The van der Waals surface area contributed by atoms with Crippen molar-refractivity contribution in [3.63, 3.8) is 0 Å². The number of unbranched alkanes of at least 4 members (excludes halogenated alkanes) is 1. The summed E-state index contributed by atoms with van der Waals surface area (Å²) in [7, 11) is 2.23. The van der Waals surface area contributed by atoms with Crippen molar-refractivity contribution in [2.24, 2.45) is 5.92 Å². The Balaban J connectivity index is 1.69. The van der Waals surface area contributed by atoms with E-state index >= 15 is 0 Å². The summed E-state index contributed by atoms with van der Waals surface area (Å²) in [5.41, 5.74) is 2.04. The van der Waals surface area contributed by atoms with E-state index in [9.17, 15) is 4.79 Å². The fraction of sp³-hybridized carbons (Fsp3) is 0.650.